The molecule has 0 aromatic heterocycles. The summed E-state index contributed by atoms with van der Waals surface area (Å²) in [7, 11) is 0. The van der Waals surface area contributed by atoms with Crippen LogP contribution in [0.1, 0.15) is 55.8 Å². The van der Waals surface area contributed by atoms with Gasteiger partial charge in [0.05, 0.1) is 12.3 Å². The third-order valence-corrected chi connectivity index (χ3v) is 4.30. The topological polar surface area (TPSA) is 97.7 Å². The number of hydrogen-bond acceptors (Lipinski definition) is 5. The zero-order valence-corrected chi connectivity index (χ0v) is 16.7. The molecule has 6 nitrogen and oxygen atoms in total. The van der Waals surface area contributed by atoms with Crippen molar-refractivity contribution in [3.63, 3.8) is 0 Å². The number of carboxylic acid groups (broad SMARTS) is 1. The summed E-state index contributed by atoms with van der Waals surface area (Å²) in [5, 5.41) is 8.85. The van der Waals surface area contributed by atoms with Crippen LogP contribution in [-0.4, -0.2) is 28.8 Å². The quantitative estimate of drug-likeness (QED) is 0.181. The van der Waals surface area contributed by atoms with Crippen LogP contribution >= 0.6 is 15.9 Å². The molecule has 0 saturated carbocycles. The van der Waals surface area contributed by atoms with Crippen LogP contribution in [0.15, 0.2) is 40.9 Å². The first-order valence-electron chi connectivity index (χ1n) is 8.69. The monoisotopic (exact) mass is 438 g/mol. The molecule has 1 unspecified atom stereocenters. The van der Waals surface area contributed by atoms with Gasteiger partial charge in [-0.2, -0.15) is 0 Å². The molecule has 1 rings (SSSR count). The molecule has 0 aliphatic carbocycles. The van der Waals surface area contributed by atoms with Crippen LogP contribution in [0.3, 0.4) is 0 Å². The summed E-state index contributed by atoms with van der Waals surface area (Å²) >= 11 is 3.31. The molecule has 0 spiro atoms. The predicted molar refractivity (Wildman–Crippen MR) is 103 cm³/mol. The van der Waals surface area contributed by atoms with E-state index in [0.717, 1.165) is 4.47 Å². The van der Waals surface area contributed by atoms with Crippen LogP contribution in [-0.2, 0) is 19.1 Å². The van der Waals surface area contributed by atoms with E-state index >= 15 is 0 Å². The van der Waals surface area contributed by atoms with Gasteiger partial charge in [-0.1, -0.05) is 40.2 Å². The molecule has 7 heteroatoms. The van der Waals surface area contributed by atoms with E-state index in [1.807, 2.05) is 6.07 Å². The van der Waals surface area contributed by atoms with E-state index in [-0.39, 0.29) is 18.6 Å². The molecule has 0 bridgehead atoms. The van der Waals surface area contributed by atoms with Gasteiger partial charge in [-0.15, -0.1) is 0 Å². The Morgan fingerprint density at radius 1 is 1.19 bits per heavy atom. The Labute approximate surface area is 166 Å². The first-order valence-corrected chi connectivity index (χ1v) is 9.49. The van der Waals surface area contributed by atoms with Crippen molar-refractivity contribution < 1.29 is 29.0 Å². The SMILES string of the molecule is CC=CCC(CC(=O)O)C(=O)OC(=O)CCCCC(=O)c1cccc(Br)c1. The summed E-state index contributed by atoms with van der Waals surface area (Å²) in [6.07, 6.45) is 4.37. The van der Waals surface area contributed by atoms with Gasteiger partial charge >= 0.3 is 17.9 Å². The summed E-state index contributed by atoms with van der Waals surface area (Å²) in [5.41, 5.74) is 0.600. The third-order valence-electron chi connectivity index (χ3n) is 3.81. The van der Waals surface area contributed by atoms with Gasteiger partial charge in [-0.3, -0.25) is 19.2 Å². The number of benzene rings is 1. The molecule has 0 amide bonds. The Balaban J connectivity index is 2.37. The van der Waals surface area contributed by atoms with Crippen molar-refractivity contribution in [3.8, 4) is 0 Å². The van der Waals surface area contributed by atoms with E-state index in [4.69, 9.17) is 9.84 Å². The Bertz CT molecular complexity index is 710. The van der Waals surface area contributed by atoms with Crippen LogP contribution in [0, 0.1) is 5.92 Å². The standard InChI is InChI=1S/C20H23BrO6/c1-2-3-7-15(13-18(23)24)20(26)27-19(25)11-5-4-10-17(22)14-8-6-9-16(21)12-14/h2-3,6,8-9,12,15H,4-5,7,10-11,13H2,1H3,(H,23,24). The van der Waals surface area contributed by atoms with Crippen LogP contribution in [0.5, 0.6) is 0 Å². The van der Waals surface area contributed by atoms with Crippen molar-refractivity contribution in [1.82, 2.24) is 0 Å². The van der Waals surface area contributed by atoms with Gasteiger partial charge in [0.25, 0.3) is 0 Å². The molecule has 0 aliphatic heterocycles. The van der Waals surface area contributed by atoms with Gasteiger partial charge in [-0.05, 0) is 38.3 Å². The van der Waals surface area contributed by atoms with Gasteiger partial charge in [0.2, 0.25) is 0 Å². The number of ether oxygens (including phenoxy) is 1. The van der Waals surface area contributed by atoms with Crippen LogP contribution in [0.4, 0.5) is 0 Å². The second kappa shape index (κ2) is 12.2. The largest absolute Gasteiger partial charge is 0.481 e. The molecule has 1 N–H and O–H groups in total. The molecule has 0 radical (unpaired) electrons. The number of ketones is 1. The number of carboxylic acids is 1. The fourth-order valence-corrected chi connectivity index (χ4v) is 2.78. The van der Waals surface area contributed by atoms with Gasteiger partial charge in [0.15, 0.2) is 5.78 Å². The van der Waals surface area contributed by atoms with E-state index in [1.165, 1.54) is 0 Å². The number of halogens is 1. The molecule has 0 fully saturated rings. The molecule has 1 atom stereocenters. The second-order valence-corrected chi connectivity index (χ2v) is 6.95. The Morgan fingerprint density at radius 2 is 1.89 bits per heavy atom. The zero-order chi connectivity index (χ0) is 20.2. The first-order chi connectivity index (χ1) is 12.8. The molecule has 0 saturated heterocycles. The van der Waals surface area contributed by atoms with E-state index < -0.39 is 30.2 Å². The Hall–Kier alpha value is -2.28. The van der Waals surface area contributed by atoms with Gasteiger partial charge in [0.1, 0.15) is 0 Å². The molecule has 1 aromatic rings. The number of Topliss-reactive ketones (excluding diaryl/α,β-unsaturated/α-hetero) is 1. The minimum Gasteiger partial charge on any atom is -0.481 e. The van der Waals surface area contributed by atoms with Crippen molar-refractivity contribution in [2.45, 2.75) is 45.4 Å². The molecule has 27 heavy (non-hydrogen) atoms. The maximum Gasteiger partial charge on any atom is 0.317 e. The van der Waals surface area contributed by atoms with Crippen LogP contribution < -0.4 is 0 Å². The van der Waals surface area contributed by atoms with Crippen molar-refractivity contribution in [3.05, 3.63) is 46.5 Å². The fraction of sp³-hybridized carbons (Fsp3) is 0.400. The summed E-state index contributed by atoms with van der Waals surface area (Å²) in [6, 6.07) is 7.08. The highest BCUT2D eigenvalue weighted by Crippen LogP contribution is 2.16. The predicted octanol–water partition coefficient (Wildman–Crippen LogP) is 4.32. The molecule has 0 aliphatic rings. The lowest BCUT2D eigenvalue weighted by atomic mass is 10.0. The molecular formula is C20H23BrO6. The fourth-order valence-electron chi connectivity index (χ4n) is 2.38. The number of carbonyl (C=O) groups is 4. The van der Waals surface area contributed by atoms with Gasteiger partial charge < -0.3 is 9.84 Å². The van der Waals surface area contributed by atoms with E-state index in [1.54, 1.807) is 37.3 Å². The highest BCUT2D eigenvalue weighted by molar-refractivity contribution is 9.10. The average Bonchev–Trinajstić information content (AvgIpc) is 2.61. The molecular weight excluding hydrogens is 416 g/mol. The van der Waals surface area contributed by atoms with Crippen molar-refractivity contribution >= 4 is 39.6 Å². The van der Waals surface area contributed by atoms with Crippen LogP contribution in [0.25, 0.3) is 0 Å². The average molecular weight is 439 g/mol. The lowest BCUT2D eigenvalue weighted by Crippen LogP contribution is -2.23. The number of hydrogen-bond donors (Lipinski definition) is 1. The van der Waals surface area contributed by atoms with E-state index in [9.17, 15) is 19.2 Å². The first kappa shape index (κ1) is 22.8. The number of esters is 2. The van der Waals surface area contributed by atoms with Gasteiger partial charge in [-0.25, -0.2) is 0 Å². The zero-order valence-electron chi connectivity index (χ0n) is 15.2. The highest BCUT2D eigenvalue weighted by atomic mass is 79.9. The number of aliphatic carboxylic acids is 1. The number of allylic oxidation sites excluding steroid dienone is 2. The highest BCUT2D eigenvalue weighted by Gasteiger charge is 2.24. The van der Waals surface area contributed by atoms with E-state index in [2.05, 4.69) is 15.9 Å². The lowest BCUT2D eigenvalue weighted by Gasteiger charge is -2.11. The normalized spacial score (nSPS) is 11.9. The maximum absolute atomic E-state index is 12.1. The minimum atomic E-state index is -1.13. The minimum absolute atomic E-state index is 0.000905. The number of carbonyl (C=O) groups excluding carboxylic acids is 3. The summed E-state index contributed by atoms with van der Waals surface area (Å²) < 4.78 is 5.58. The van der Waals surface area contributed by atoms with Gasteiger partial charge in [0, 0.05) is 22.9 Å². The Morgan fingerprint density at radius 3 is 2.52 bits per heavy atom. The Kier molecular flexibility index (Phi) is 10.3. The smallest absolute Gasteiger partial charge is 0.317 e. The summed E-state index contributed by atoms with van der Waals surface area (Å²) in [4.78, 5) is 46.6. The van der Waals surface area contributed by atoms with Crippen molar-refractivity contribution in [2.24, 2.45) is 5.92 Å². The third kappa shape index (κ3) is 9.28. The summed E-state index contributed by atoms with van der Waals surface area (Å²) in [5.74, 6) is -3.56. The lowest BCUT2D eigenvalue weighted by molar-refractivity contribution is -0.164. The second-order valence-electron chi connectivity index (χ2n) is 6.03. The molecule has 0 heterocycles. The van der Waals surface area contributed by atoms with Crippen molar-refractivity contribution in [2.75, 3.05) is 0 Å². The maximum atomic E-state index is 12.1. The van der Waals surface area contributed by atoms with Crippen molar-refractivity contribution in [1.29, 1.82) is 0 Å². The number of rotatable bonds is 11. The summed E-state index contributed by atoms with van der Waals surface area (Å²) in [6.45, 7) is 1.75. The molecule has 146 valence electrons. The molecule has 1 aromatic carbocycles. The van der Waals surface area contributed by atoms with E-state index in [0.29, 0.717) is 24.8 Å². The van der Waals surface area contributed by atoms with Crippen LogP contribution in [0.2, 0.25) is 0 Å². The number of unbranched alkanes of at least 4 members (excludes halogenated alkanes) is 1.